The minimum absolute atomic E-state index is 0.744. The molecule has 0 aromatic heterocycles. The molecular formula is C46H78N2O36. The fourth-order valence-corrected chi connectivity index (χ4v) is 10.7. The molecule has 1 unspecified atom stereocenters. The van der Waals surface area contributed by atoms with E-state index in [1.54, 1.807) is 0 Å². The van der Waals surface area contributed by atoms with Gasteiger partial charge in [0.1, 0.15) is 171 Å². The molecule has 2 amide bonds. The first kappa shape index (κ1) is 69.1. The molecule has 7 saturated heterocycles. The van der Waals surface area contributed by atoms with Crippen LogP contribution >= 0.6 is 0 Å². The summed E-state index contributed by atoms with van der Waals surface area (Å²) in [6, 6.07) is -3.40. The summed E-state index contributed by atoms with van der Waals surface area (Å²) in [7, 11) is 0. The van der Waals surface area contributed by atoms with Gasteiger partial charge in [-0.1, -0.05) is 0 Å². The summed E-state index contributed by atoms with van der Waals surface area (Å²) in [5.74, 6) is -1.62. The van der Waals surface area contributed by atoms with Gasteiger partial charge >= 0.3 is 0 Å². The van der Waals surface area contributed by atoms with Crippen molar-refractivity contribution in [3.8, 4) is 0 Å². The topological polar surface area (TPSA) is 603 Å². The van der Waals surface area contributed by atoms with Crippen LogP contribution in [0.1, 0.15) is 13.8 Å². The van der Waals surface area contributed by atoms with Gasteiger partial charge in [-0.25, -0.2) is 0 Å². The number of hydrogen-bond acceptors (Lipinski definition) is 36. The second-order valence-corrected chi connectivity index (χ2v) is 21.1. The van der Waals surface area contributed by atoms with Crippen molar-refractivity contribution >= 4 is 11.8 Å². The Morgan fingerprint density at radius 2 is 0.643 bits per heavy atom. The Hall–Kier alpha value is -2.42. The molecule has 0 aromatic rings. The minimum Gasteiger partial charge on any atom is -0.394 e. The quantitative estimate of drug-likeness (QED) is 0.0507. The van der Waals surface area contributed by atoms with Crippen molar-refractivity contribution in [2.24, 2.45) is 0 Å². The van der Waals surface area contributed by atoms with E-state index < -0.39 is 273 Å². The minimum atomic E-state index is -2.41. The Balaban J connectivity index is 1.20. The van der Waals surface area contributed by atoms with E-state index in [0.717, 1.165) is 13.8 Å². The molecule has 488 valence electrons. The predicted molar refractivity (Wildman–Crippen MR) is 255 cm³/mol. The van der Waals surface area contributed by atoms with Crippen LogP contribution < -0.4 is 10.6 Å². The summed E-state index contributed by atoms with van der Waals surface area (Å²) in [5.41, 5.74) is 0. The number of amides is 2. The zero-order valence-electron chi connectivity index (χ0n) is 44.7. The molecule has 35 atom stereocenters. The third kappa shape index (κ3) is 14.7. The van der Waals surface area contributed by atoms with Gasteiger partial charge in [-0.05, 0) is 0 Å². The highest BCUT2D eigenvalue weighted by Crippen LogP contribution is 2.38. The van der Waals surface area contributed by atoms with Crippen LogP contribution in [0, 0.1) is 0 Å². The molecule has 7 aliphatic rings. The second kappa shape index (κ2) is 29.9. The molecule has 0 spiro atoms. The van der Waals surface area contributed by atoms with Gasteiger partial charge in [0.15, 0.2) is 44.0 Å². The Kier molecular flexibility index (Phi) is 24.6. The SMILES string of the molecule is CC(=O)N[C@H]1[C@H](O[C@H]2[C@H](O)[C@@H](NC(C)=O)C(O)O[C@@H]2CO)O[C@H](CO)[C@@H](O[C@@H]2O[C@H](CO[C@H]3O[C@H](CO)[C@@H](O)[C@H](O[C@H]4O[C@H](CO)[C@@H](O)[C@H](O)[C@@H]4O)[C@H]3O)[C@@H](O)[C@H](O[C@H]3O[C@H](CO)[C@@H](O)[C@H](O)[C@@H]3O[C@H]3O[C@H](CO)[C@@H](O)[C@H](O)[C@@H]3O)[C@H]2O)[C@@H]1O. The average molecular weight is 1240 g/mol. The van der Waals surface area contributed by atoms with Crippen LogP contribution in [0.4, 0.5) is 0 Å². The lowest BCUT2D eigenvalue weighted by atomic mass is 9.94. The van der Waals surface area contributed by atoms with Gasteiger partial charge in [0.05, 0.1) is 46.2 Å². The third-order valence-corrected chi connectivity index (χ3v) is 15.3. The predicted octanol–water partition coefficient (Wildman–Crippen LogP) is -16.0. The number of aliphatic hydroxyl groups is 21. The highest BCUT2D eigenvalue weighted by molar-refractivity contribution is 5.73. The van der Waals surface area contributed by atoms with Gasteiger partial charge in [0.2, 0.25) is 11.8 Å². The lowest BCUT2D eigenvalue weighted by molar-refractivity contribution is -0.398. The Bertz CT molecular complexity index is 2060. The lowest BCUT2D eigenvalue weighted by Crippen LogP contribution is -2.70. The van der Waals surface area contributed by atoms with Crippen LogP contribution in [0.5, 0.6) is 0 Å². The van der Waals surface area contributed by atoms with E-state index in [4.69, 9.17) is 61.6 Å². The van der Waals surface area contributed by atoms with Crippen LogP contribution in [-0.2, 0) is 71.2 Å². The Labute approximate surface area is 475 Å². The number of aliphatic hydroxyl groups excluding tert-OH is 21. The van der Waals surface area contributed by atoms with Crippen molar-refractivity contribution in [3.63, 3.8) is 0 Å². The van der Waals surface area contributed by atoms with E-state index in [9.17, 15) is 117 Å². The summed E-state index contributed by atoms with van der Waals surface area (Å²) >= 11 is 0. The summed E-state index contributed by atoms with van der Waals surface area (Å²) in [5, 5.41) is 232. The maximum atomic E-state index is 12.7. The Morgan fingerprint density at radius 1 is 0.310 bits per heavy atom. The number of hydrogen-bond donors (Lipinski definition) is 23. The van der Waals surface area contributed by atoms with E-state index >= 15 is 0 Å². The monoisotopic (exact) mass is 1230 g/mol. The molecule has 23 N–H and O–H groups in total. The summed E-state index contributed by atoms with van der Waals surface area (Å²) in [6.07, 6.45) is -65.9. The molecule has 0 aliphatic carbocycles. The molecule has 0 bridgehead atoms. The number of nitrogens with one attached hydrogen (secondary N) is 2. The molecular weight excluding hydrogens is 1160 g/mol. The molecule has 7 rings (SSSR count). The first-order valence-corrected chi connectivity index (χ1v) is 26.6. The van der Waals surface area contributed by atoms with E-state index in [-0.39, 0.29) is 0 Å². The first-order valence-electron chi connectivity index (χ1n) is 26.6. The van der Waals surface area contributed by atoms with Crippen LogP contribution in [0.3, 0.4) is 0 Å². The maximum absolute atomic E-state index is 12.7. The van der Waals surface area contributed by atoms with Crippen molar-refractivity contribution in [2.45, 2.75) is 229 Å². The highest BCUT2D eigenvalue weighted by Gasteiger charge is 2.59. The molecule has 0 aromatic carbocycles. The Morgan fingerprint density at radius 3 is 1.14 bits per heavy atom. The molecule has 84 heavy (non-hydrogen) atoms. The van der Waals surface area contributed by atoms with E-state index in [1.807, 2.05) is 0 Å². The zero-order valence-corrected chi connectivity index (χ0v) is 44.7. The van der Waals surface area contributed by atoms with Crippen molar-refractivity contribution in [1.29, 1.82) is 0 Å². The largest absolute Gasteiger partial charge is 0.394 e. The average Bonchev–Trinajstić information content (AvgIpc) is 1.78. The van der Waals surface area contributed by atoms with Gasteiger partial charge in [0.25, 0.3) is 0 Å². The molecule has 0 radical (unpaired) electrons. The van der Waals surface area contributed by atoms with Crippen molar-refractivity contribution in [3.05, 3.63) is 0 Å². The van der Waals surface area contributed by atoms with Gasteiger partial charge in [-0.3, -0.25) is 9.59 Å². The molecule has 7 fully saturated rings. The summed E-state index contributed by atoms with van der Waals surface area (Å²) < 4.78 is 74.6. The van der Waals surface area contributed by atoms with Crippen molar-refractivity contribution in [2.75, 3.05) is 46.2 Å². The normalized spacial score (nSPS) is 50.3. The van der Waals surface area contributed by atoms with Crippen molar-refractivity contribution < 1.29 is 178 Å². The fraction of sp³-hybridized carbons (Fsp3) is 0.957. The summed E-state index contributed by atoms with van der Waals surface area (Å²) in [4.78, 5) is 24.7. The smallest absolute Gasteiger partial charge is 0.217 e. The standard InChI is InChI=1S/C46H78N2O36/c1-10(55)47-19-26(62)35(16(7-53)73-40(19)71)80-41-20(48-11(2)56)27(63)36(17(8-54)78-41)81-45-34(70)38(83-46-39(30(66)23(59)14(5-51)77-46)84-44-32(68)29(65)22(58)13(4-50)76-44)25(61)18(79-45)9-72-42-33(69)37(24(60)15(6-52)74-42)82-43-31(67)28(64)21(57)12(3-49)75-43/h12-46,49-54,57-71H,3-9H2,1-2H3,(H,47,55)(H,48,56)/t12-,13-,14-,15-,16-,17-,18-,19-,20-,21-,22-,23-,24-,25-,26-,27-,28+,29+,30+,31+,32+,33-,34-,35-,36-,37+,38+,39+,40?,41+,42+,43-,44-,45+,46-/m1/s1. The first-order chi connectivity index (χ1) is 39.7. The second-order valence-electron chi connectivity index (χ2n) is 21.1. The van der Waals surface area contributed by atoms with E-state index in [2.05, 4.69) is 10.6 Å². The van der Waals surface area contributed by atoms with Gasteiger partial charge in [-0.15, -0.1) is 0 Å². The number of carbonyl (C=O) groups excluding carboxylic acids is 2. The number of ether oxygens (including phenoxy) is 13. The van der Waals surface area contributed by atoms with Crippen LogP contribution in [0.15, 0.2) is 0 Å². The highest BCUT2D eigenvalue weighted by atomic mass is 16.8. The summed E-state index contributed by atoms with van der Waals surface area (Å²) in [6.45, 7) is -5.04. The third-order valence-electron chi connectivity index (χ3n) is 15.3. The number of carbonyl (C=O) groups is 2. The zero-order chi connectivity index (χ0) is 61.9. The van der Waals surface area contributed by atoms with E-state index in [1.165, 1.54) is 0 Å². The van der Waals surface area contributed by atoms with Gasteiger partial charge in [-0.2, -0.15) is 0 Å². The maximum Gasteiger partial charge on any atom is 0.217 e. The molecule has 7 aliphatic heterocycles. The van der Waals surface area contributed by atoms with Crippen molar-refractivity contribution in [1.82, 2.24) is 10.6 Å². The van der Waals surface area contributed by atoms with E-state index in [0.29, 0.717) is 0 Å². The lowest BCUT2D eigenvalue weighted by Gasteiger charge is -2.50. The molecule has 7 heterocycles. The fourth-order valence-electron chi connectivity index (χ4n) is 10.7. The van der Waals surface area contributed by atoms with Gasteiger partial charge < -0.3 is 179 Å². The molecule has 0 saturated carbocycles. The van der Waals surface area contributed by atoms with Crippen LogP contribution in [0.2, 0.25) is 0 Å². The molecule has 38 nitrogen and oxygen atoms in total. The number of rotatable bonds is 21. The molecule has 38 heteroatoms. The van der Waals surface area contributed by atoms with Crippen LogP contribution in [0.25, 0.3) is 0 Å². The van der Waals surface area contributed by atoms with Gasteiger partial charge in [0, 0.05) is 13.8 Å². The van der Waals surface area contributed by atoms with Crippen LogP contribution in [-0.4, -0.2) is 380 Å².